The minimum Gasteiger partial charge on any atom is -0.376 e. The zero-order chi connectivity index (χ0) is 14.1. The number of anilines is 1. The average molecular weight is 340 g/mol. The van der Waals surface area contributed by atoms with E-state index >= 15 is 0 Å². The lowest BCUT2D eigenvalue weighted by molar-refractivity contribution is -0.118. The number of rotatable bonds is 2. The van der Waals surface area contributed by atoms with Crippen molar-refractivity contribution in [3.05, 3.63) is 29.3 Å². The van der Waals surface area contributed by atoms with Crippen molar-refractivity contribution in [2.75, 3.05) is 31.8 Å². The third-order valence-corrected chi connectivity index (χ3v) is 5.05. The number of amides is 1. The highest BCUT2D eigenvalue weighted by Crippen LogP contribution is 2.35. The maximum absolute atomic E-state index is 11.7. The van der Waals surface area contributed by atoms with Crippen LogP contribution in [-0.4, -0.2) is 38.9 Å². The summed E-state index contributed by atoms with van der Waals surface area (Å²) in [5, 5.41) is 0. The number of hydrogen-bond acceptors (Lipinski definition) is 3. The molecule has 0 saturated carbocycles. The lowest BCUT2D eigenvalue weighted by Crippen LogP contribution is -2.32. The molecule has 1 aromatic carbocycles. The molecule has 1 saturated heterocycles. The Morgan fingerprint density at radius 2 is 2.20 bits per heavy atom. The summed E-state index contributed by atoms with van der Waals surface area (Å²) in [6.07, 6.45) is 1.45. The Morgan fingerprint density at radius 3 is 2.95 bits per heavy atom. The van der Waals surface area contributed by atoms with Gasteiger partial charge in [-0.15, -0.1) is 0 Å². The molecule has 1 amide bonds. The van der Waals surface area contributed by atoms with Gasteiger partial charge < -0.3 is 14.4 Å². The maximum atomic E-state index is 11.7. The summed E-state index contributed by atoms with van der Waals surface area (Å²) in [6, 6.07) is 6.26. The third-order valence-electron chi connectivity index (χ3n) is 3.93. The number of fused-ring (bicyclic) bond motifs is 1. The first-order chi connectivity index (χ1) is 9.66. The molecule has 20 heavy (non-hydrogen) atoms. The van der Waals surface area contributed by atoms with Gasteiger partial charge in [0.2, 0.25) is 5.91 Å². The SMILES string of the molecule is CN1C(=O)CCc2cc(C(Br)C3COCCO3)ccc21. The molecule has 2 heterocycles. The second-order valence-corrected chi connectivity index (χ2v) is 6.21. The molecule has 0 radical (unpaired) electrons. The number of benzene rings is 1. The van der Waals surface area contributed by atoms with E-state index in [-0.39, 0.29) is 16.8 Å². The van der Waals surface area contributed by atoms with Gasteiger partial charge in [-0.05, 0) is 23.6 Å². The Hall–Kier alpha value is -0.910. The van der Waals surface area contributed by atoms with Crippen molar-refractivity contribution in [1.82, 2.24) is 0 Å². The quantitative estimate of drug-likeness (QED) is 0.777. The Morgan fingerprint density at radius 1 is 1.35 bits per heavy atom. The number of nitrogens with zero attached hydrogens (tertiary/aromatic N) is 1. The van der Waals surface area contributed by atoms with Crippen LogP contribution in [0.2, 0.25) is 0 Å². The Labute approximate surface area is 127 Å². The number of carbonyl (C=O) groups excluding carboxylic acids is 1. The molecule has 1 fully saturated rings. The van der Waals surface area contributed by atoms with Gasteiger partial charge in [-0.2, -0.15) is 0 Å². The van der Waals surface area contributed by atoms with Gasteiger partial charge in [-0.25, -0.2) is 0 Å². The highest BCUT2D eigenvalue weighted by Gasteiger charge is 2.27. The van der Waals surface area contributed by atoms with E-state index in [2.05, 4.69) is 28.1 Å². The van der Waals surface area contributed by atoms with Crippen LogP contribution in [0, 0.1) is 0 Å². The summed E-state index contributed by atoms with van der Waals surface area (Å²) in [5.41, 5.74) is 3.43. The molecule has 4 nitrogen and oxygen atoms in total. The highest BCUT2D eigenvalue weighted by molar-refractivity contribution is 9.09. The van der Waals surface area contributed by atoms with E-state index in [0.29, 0.717) is 26.2 Å². The van der Waals surface area contributed by atoms with Crippen LogP contribution in [-0.2, 0) is 20.7 Å². The van der Waals surface area contributed by atoms with Crippen LogP contribution in [0.15, 0.2) is 18.2 Å². The topological polar surface area (TPSA) is 38.8 Å². The number of hydrogen-bond donors (Lipinski definition) is 0. The molecule has 0 aromatic heterocycles. The molecule has 2 unspecified atom stereocenters. The smallest absolute Gasteiger partial charge is 0.227 e. The second-order valence-electron chi connectivity index (χ2n) is 5.23. The van der Waals surface area contributed by atoms with Crippen LogP contribution < -0.4 is 4.90 Å². The molecule has 1 aromatic rings. The van der Waals surface area contributed by atoms with Gasteiger partial charge in [0.05, 0.1) is 30.8 Å². The molecule has 0 bridgehead atoms. The molecule has 108 valence electrons. The van der Waals surface area contributed by atoms with E-state index in [1.165, 1.54) is 11.1 Å². The van der Waals surface area contributed by atoms with Gasteiger partial charge in [-0.3, -0.25) is 4.79 Å². The fourth-order valence-electron chi connectivity index (χ4n) is 2.74. The number of ether oxygens (including phenoxy) is 2. The van der Waals surface area contributed by atoms with Gasteiger partial charge in [0.15, 0.2) is 0 Å². The molecule has 0 N–H and O–H groups in total. The summed E-state index contributed by atoms with van der Waals surface area (Å²) in [6.45, 7) is 1.94. The summed E-state index contributed by atoms with van der Waals surface area (Å²) < 4.78 is 11.2. The van der Waals surface area contributed by atoms with Gasteiger partial charge in [-0.1, -0.05) is 28.1 Å². The first-order valence-electron chi connectivity index (χ1n) is 6.89. The van der Waals surface area contributed by atoms with E-state index in [0.717, 1.165) is 12.1 Å². The minimum absolute atomic E-state index is 0.0461. The molecule has 2 aliphatic heterocycles. The molecule has 5 heteroatoms. The summed E-state index contributed by atoms with van der Waals surface area (Å²) in [4.78, 5) is 13.6. The lowest BCUT2D eigenvalue weighted by atomic mass is 9.97. The second kappa shape index (κ2) is 5.84. The predicted octanol–water partition coefficient (Wildman–Crippen LogP) is 2.45. The Bertz CT molecular complexity index is 514. The van der Waals surface area contributed by atoms with Crippen LogP contribution in [0.4, 0.5) is 5.69 Å². The molecule has 0 spiro atoms. The van der Waals surface area contributed by atoms with Crippen LogP contribution in [0.25, 0.3) is 0 Å². The van der Waals surface area contributed by atoms with E-state index < -0.39 is 0 Å². The van der Waals surface area contributed by atoms with E-state index in [1.807, 2.05) is 13.1 Å². The van der Waals surface area contributed by atoms with Gasteiger partial charge in [0, 0.05) is 19.2 Å². The fraction of sp³-hybridized carbons (Fsp3) is 0.533. The van der Waals surface area contributed by atoms with Crippen molar-refractivity contribution in [3.63, 3.8) is 0 Å². The van der Waals surface area contributed by atoms with Crippen LogP contribution in [0.5, 0.6) is 0 Å². The van der Waals surface area contributed by atoms with Gasteiger partial charge in [0.25, 0.3) is 0 Å². The van der Waals surface area contributed by atoms with Crippen molar-refractivity contribution in [2.24, 2.45) is 0 Å². The van der Waals surface area contributed by atoms with Crippen molar-refractivity contribution in [3.8, 4) is 0 Å². The number of carbonyl (C=O) groups is 1. The molecule has 2 atom stereocenters. The van der Waals surface area contributed by atoms with Crippen molar-refractivity contribution in [2.45, 2.75) is 23.8 Å². The monoisotopic (exact) mass is 339 g/mol. The third kappa shape index (κ3) is 2.62. The van der Waals surface area contributed by atoms with Crippen molar-refractivity contribution < 1.29 is 14.3 Å². The minimum atomic E-state index is 0.0461. The van der Waals surface area contributed by atoms with Crippen molar-refractivity contribution >= 4 is 27.5 Å². The summed E-state index contributed by atoms with van der Waals surface area (Å²) in [5.74, 6) is 0.185. The molecule has 3 rings (SSSR count). The Balaban J connectivity index is 1.83. The van der Waals surface area contributed by atoms with E-state index in [1.54, 1.807) is 4.90 Å². The molecule has 0 aliphatic carbocycles. The maximum Gasteiger partial charge on any atom is 0.227 e. The Kier molecular flexibility index (Phi) is 4.10. The zero-order valence-corrected chi connectivity index (χ0v) is 13.1. The van der Waals surface area contributed by atoms with E-state index in [9.17, 15) is 4.79 Å². The standard InChI is InChI=1S/C15H18BrNO3/c1-17-12-4-2-11(8-10(12)3-5-14(17)18)15(16)13-9-19-6-7-20-13/h2,4,8,13,15H,3,5-7,9H2,1H3. The first kappa shape index (κ1) is 14.0. The largest absolute Gasteiger partial charge is 0.376 e. The first-order valence-corrected chi connectivity index (χ1v) is 7.81. The molecular weight excluding hydrogens is 322 g/mol. The van der Waals surface area contributed by atoms with Crippen molar-refractivity contribution in [1.29, 1.82) is 0 Å². The number of aryl methyl sites for hydroxylation is 1. The summed E-state index contributed by atoms with van der Waals surface area (Å²) >= 11 is 3.72. The van der Waals surface area contributed by atoms with Gasteiger partial charge in [0.1, 0.15) is 0 Å². The van der Waals surface area contributed by atoms with Crippen LogP contribution in [0.1, 0.15) is 22.4 Å². The van der Waals surface area contributed by atoms with Crippen LogP contribution >= 0.6 is 15.9 Å². The van der Waals surface area contributed by atoms with Crippen LogP contribution in [0.3, 0.4) is 0 Å². The van der Waals surface area contributed by atoms with Gasteiger partial charge >= 0.3 is 0 Å². The predicted molar refractivity (Wildman–Crippen MR) is 80.4 cm³/mol. The summed E-state index contributed by atoms with van der Waals surface area (Å²) in [7, 11) is 1.84. The zero-order valence-electron chi connectivity index (χ0n) is 11.5. The normalized spacial score (nSPS) is 24.4. The lowest BCUT2D eigenvalue weighted by Gasteiger charge is -2.29. The number of alkyl halides is 1. The molecule has 2 aliphatic rings. The van der Waals surface area contributed by atoms with E-state index in [4.69, 9.17) is 9.47 Å². The fourth-order valence-corrected chi connectivity index (χ4v) is 3.33. The molecular formula is C15H18BrNO3. The highest BCUT2D eigenvalue weighted by atomic mass is 79.9. The average Bonchev–Trinajstić information content (AvgIpc) is 2.51. The number of halogens is 1.